The van der Waals surface area contributed by atoms with Crippen LogP contribution in [0.3, 0.4) is 0 Å². The molecule has 0 unspecified atom stereocenters. The number of para-hydroxylation sites is 1. The van der Waals surface area contributed by atoms with Crippen molar-refractivity contribution in [3.8, 4) is 0 Å². The molecule has 0 atom stereocenters. The number of hydrogen-bond acceptors (Lipinski definition) is 3. The van der Waals surface area contributed by atoms with Crippen molar-refractivity contribution >= 4 is 34.7 Å². The minimum atomic E-state index is 0.434. The van der Waals surface area contributed by atoms with Gasteiger partial charge in [-0.1, -0.05) is 71.8 Å². The lowest BCUT2D eigenvalue weighted by atomic mass is 9.99. The summed E-state index contributed by atoms with van der Waals surface area (Å²) in [5.74, 6) is 1.19. The minimum absolute atomic E-state index is 0.434. The Balaban J connectivity index is 1.84. The molecule has 0 aromatic heterocycles. The van der Waals surface area contributed by atoms with Gasteiger partial charge in [0.15, 0.2) is 0 Å². The van der Waals surface area contributed by atoms with Gasteiger partial charge in [0, 0.05) is 29.6 Å². The van der Waals surface area contributed by atoms with Crippen molar-refractivity contribution in [1.29, 1.82) is 10.8 Å². The van der Waals surface area contributed by atoms with Gasteiger partial charge in [0.1, 0.15) is 11.7 Å². The molecule has 0 bridgehead atoms. The first-order chi connectivity index (χ1) is 15.4. The Morgan fingerprint density at radius 2 is 1.59 bits per heavy atom. The third-order valence-electron chi connectivity index (χ3n) is 5.46. The molecule has 0 fully saturated rings. The van der Waals surface area contributed by atoms with Crippen LogP contribution in [0.1, 0.15) is 42.0 Å². The van der Waals surface area contributed by atoms with Crippen molar-refractivity contribution in [1.82, 2.24) is 0 Å². The molecule has 0 saturated carbocycles. The molecular weight excluding hydrogens is 416 g/mol. The van der Waals surface area contributed by atoms with Gasteiger partial charge in [-0.2, -0.15) is 0 Å². The number of nitrogens with zero attached hydrogens (tertiary/aromatic N) is 2. The van der Waals surface area contributed by atoms with E-state index in [4.69, 9.17) is 22.4 Å². The number of anilines is 1. The van der Waals surface area contributed by atoms with E-state index in [1.807, 2.05) is 91.5 Å². The first-order valence-electron chi connectivity index (χ1n) is 10.7. The maximum Gasteiger partial charge on any atom is 0.106 e. The van der Waals surface area contributed by atoms with Crippen LogP contribution in [-0.2, 0) is 6.42 Å². The molecule has 0 aliphatic carbocycles. The maximum absolute atomic E-state index is 8.84. The summed E-state index contributed by atoms with van der Waals surface area (Å²) in [5, 5.41) is 18.4. The topological polar surface area (TPSA) is 63.3 Å². The van der Waals surface area contributed by atoms with E-state index in [0.29, 0.717) is 18.0 Å². The zero-order chi connectivity index (χ0) is 23.1. The molecule has 0 amide bonds. The highest BCUT2D eigenvalue weighted by Crippen LogP contribution is 2.25. The summed E-state index contributed by atoms with van der Waals surface area (Å²) in [6, 6.07) is 23.6. The van der Waals surface area contributed by atoms with E-state index in [1.165, 1.54) is 5.56 Å². The lowest BCUT2D eigenvalue weighted by molar-refractivity contribution is 0.855. The molecule has 5 heteroatoms. The molecule has 3 rings (SSSR count). The minimum Gasteiger partial charge on any atom is -0.300 e. The quantitative estimate of drug-likeness (QED) is 0.301. The van der Waals surface area contributed by atoms with Gasteiger partial charge >= 0.3 is 0 Å². The molecule has 2 N–H and O–H groups in total. The Morgan fingerprint density at radius 1 is 0.938 bits per heavy atom. The molecule has 0 aliphatic rings. The highest BCUT2D eigenvalue weighted by Gasteiger charge is 2.20. The van der Waals surface area contributed by atoms with Crippen LogP contribution < -0.4 is 4.90 Å². The number of nitrogens with one attached hydrogen (secondary N) is 2. The zero-order valence-electron chi connectivity index (χ0n) is 18.8. The van der Waals surface area contributed by atoms with Crippen LogP contribution in [0.5, 0.6) is 0 Å². The second-order valence-corrected chi connectivity index (χ2v) is 8.23. The van der Waals surface area contributed by atoms with Gasteiger partial charge in [0.2, 0.25) is 0 Å². The molecule has 0 heterocycles. The van der Waals surface area contributed by atoms with Crippen LogP contribution in [0.25, 0.3) is 0 Å². The number of aliphatic imine (C=N–C) groups is 1. The summed E-state index contributed by atoms with van der Waals surface area (Å²) < 4.78 is 0. The standard InChI is InChI=1S/C27H29ClN4/c1-19-11-15-22(16-12-19)27(30)24-8-4-5-9-25(24)32(20(2)31-3)26(29)10-6-7-21-13-17-23(28)18-14-21/h4-5,8-9,11-18,29-30H,6-7,10H2,1-3H3. The lowest BCUT2D eigenvalue weighted by Gasteiger charge is -2.27. The van der Waals surface area contributed by atoms with E-state index < -0.39 is 0 Å². The molecule has 3 aromatic rings. The van der Waals surface area contributed by atoms with E-state index >= 15 is 0 Å². The Morgan fingerprint density at radius 3 is 2.25 bits per heavy atom. The van der Waals surface area contributed by atoms with E-state index in [2.05, 4.69) is 4.99 Å². The molecule has 164 valence electrons. The van der Waals surface area contributed by atoms with Gasteiger partial charge < -0.3 is 0 Å². The van der Waals surface area contributed by atoms with Crippen LogP contribution in [0.2, 0.25) is 5.02 Å². The normalized spacial score (nSPS) is 11.3. The van der Waals surface area contributed by atoms with Gasteiger partial charge in [0.25, 0.3) is 0 Å². The van der Waals surface area contributed by atoms with E-state index in [-0.39, 0.29) is 0 Å². The third-order valence-corrected chi connectivity index (χ3v) is 5.72. The summed E-state index contributed by atoms with van der Waals surface area (Å²) >= 11 is 5.98. The average molecular weight is 445 g/mol. The smallest absolute Gasteiger partial charge is 0.106 e. The SMILES string of the molecule is CN=C(C)N(C(=N)CCCc1ccc(Cl)cc1)c1ccccc1C(=N)c1ccc(C)cc1. The van der Waals surface area contributed by atoms with Crippen molar-refractivity contribution < 1.29 is 0 Å². The van der Waals surface area contributed by atoms with Crippen LogP contribution in [-0.4, -0.2) is 24.4 Å². The Kier molecular flexibility index (Phi) is 7.96. The van der Waals surface area contributed by atoms with Crippen molar-refractivity contribution in [3.63, 3.8) is 0 Å². The Bertz CT molecular complexity index is 1120. The fourth-order valence-corrected chi connectivity index (χ4v) is 3.72. The first kappa shape index (κ1) is 23.4. The second kappa shape index (κ2) is 10.9. The molecule has 4 nitrogen and oxygen atoms in total. The highest BCUT2D eigenvalue weighted by atomic mass is 35.5. The average Bonchev–Trinajstić information content (AvgIpc) is 2.81. The van der Waals surface area contributed by atoms with Crippen molar-refractivity contribution in [2.24, 2.45) is 4.99 Å². The van der Waals surface area contributed by atoms with Gasteiger partial charge in [-0.3, -0.25) is 20.7 Å². The first-order valence-corrected chi connectivity index (χ1v) is 11.1. The number of amidine groups is 2. The van der Waals surface area contributed by atoms with Crippen molar-refractivity contribution in [3.05, 3.63) is 100 Å². The van der Waals surface area contributed by atoms with Crippen molar-refractivity contribution in [2.75, 3.05) is 11.9 Å². The van der Waals surface area contributed by atoms with Crippen LogP contribution in [0, 0.1) is 17.7 Å². The summed E-state index contributed by atoms with van der Waals surface area (Å²) in [5.41, 5.74) is 5.23. The fraction of sp³-hybridized carbons (Fsp3) is 0.222. The van der Waals surface area contributed by atoms with Gasteiger partial charge in [0.05, 0.1) is 11.4 Å². The highest BCUT2D eigenvalue weighted by molar-refractivity contribution is 6.30. The van der Waals surface area contributed by atoms with E-state index in [9.17, 15) is 0 Å². The number of benzene rings is 3. The predicted molar refractivity (Wildman–Crippen MR) is 137 cm³/mol. The van der Waals surface area contributed by atoms with Crippen LogP contribution in [0.4, 0.5) is 5.69 Å². The summed E-state index contributed by atoms with van der Waals surface area (Å²) in [6.45, 7) is 3.94. The molecule has 0 radical (unpaired) electrons. The van der Waals surface area contributed by atoms with Crippen LogP contribution in [0.15, 0.2) is 77.8 Å². The van der Waals surface area contributed by atoms with Gasteiger partial charge in [-0.15, -0.1) is 0 Å². The van der Waals surface area contributed by atoms with E-state index in [0.717, 1.165) is 46.1 Å². The maximum atomic E-state index is 8.84. The Hall–Kier alpha value is -3.24. The van der Waals surface area contributed by atoms with Gasteiger partial charge in [-0.25, -0.2) is 0 Å². The molecule has 0 spiro atoms. The number of halogens is 1. The Labute approximate surface area is 195 Å². The second-order valence-electron chi connectivity index (χ2n) is 7.79. The van der Waals surface area contributed by atoms with Crippen molar-refractivity contribution in [2.45, 2.75) is 33.1 Å². The fourth-order valence-electron chi connectivity index (χ4n) is 3.59. The summed E-state index contributed by atoms with van der Waals surface area (Å²) in [7, 11) is 1.73. The lowest BCUT2D eigenvalue weighted by Crippen LogP contribution is -2.36. The number of hydrogen-bond donors (Lipinski definition) is 2. The summed E-state index contributed by atoms with van der Waals surface area (Å²) in [6.07, 6.45) is 2.31. The molecular formula is C27H29ClN4. The molecule has 32 heavy (non-hydrogen) atoms. The predicted octanol–water partition coefficient (Wildman–Crippen LogP) is 6.92. The molecule has 3 aromatic carbocycles. The van der Waals surface area contributed by atoms with Crippen LogP contribution >= 0.6 is 11.6 Å². The number of rotatable bonds is 7. The summed E-state index contributed by atoms with van der Waals surface area (Å²) in [4.78, 5) is 6.22. The van der Waals surface area contributed by atoms with Gasteiger partial charge in [-0.05, 0) is 50.5 Å². The monoisotopic (exact) mass is 444 g/mol. The third kappa shape index (κ3) is 5.71. The largest absolute Gasteiger partial charge is 0.300 e. The zero-order valence-corrected chi connectivity index (χ0v) is 19.6. The molecule has 0 saturated heterocycles. The molecule has 0 aliphatic heterocycles. The number of aryl methyl sites for hydroxylation is 2. The van der Waals surface area contributed by atoms with E-state index in [1.54, 1.807) is 7.05 Å².